The van der Waals surface area contributed by atoms with E-state index < -0.39 is 11.7 Å². The molecule has 0 saturated heterocycles. The lowest BCUT2D eigenvalue weighted by atomic mass is 10.0. The molecule has 4 aromatic heterocycles. The minimum atomic E-state index is -0.944. The predicted molar refractivity (Wildman–Crippen MR) is 144 cm³/mol. The molecule has 6 rings (SSSR count). The SMILES string of the molecule is C=C(F)C(=O)N1CC=C(c2ccc3ncnc(Cc4ccc(Oc5ccn6ncnc6c5)c(C)c4)c3n2)CC1. The molecule has 0 saturated carbocycles. The van der Waals surface area contributed by atoms with Crippen LogP contribution in [0.5, 0.6) is 11.5 Å². The fourth-order valence-corrected chi connectivity index (χ4v) is 4.67. The number of aryl methyl sites for hydroxylation is 1. The second kappa shape index (κ2) is 10.1. The Morgan fingerprint density at radius 1 is 1.10 bits per heavy atom. The van der Waals surface area contributed by atoms with Crippen LogP contribution in [0.3, 0.4) is 0 Å². The van der Waals surface area contributed by atoms with Crippen LogP contribution in [0.4, 0.5) is 4.39 Å². The molecule has 0 bridgehead atoms. The number of hydrogen-bond acceptors (Lipinski definition) is 7. The Hall–Kier alpha value is -4.99. The van der Waals surface area contributed by atoms with Gasteiger partial charge in [-0.1, -0.05) is 24.8 Å². The first-order valence-electron chi connectivity index (χ1n) is 12.4. The van der Waals surface area contributed by atoms with Crippen molar-refractivity contribution in [3.8, 4) is 11.5 Å². The highest BCUT2D eigenvalue weighted by atomic mass is 19.1. The number of hydrogen-bond donors (Lipinski definition) is 0. The fraction of sp³-hybridized carbons (Fsp3) is 0.172. The van der Waals surface area contributed by atoms with Gasteiger partial charge in [0.25, 0.3) is 5.91 Å². The second-order valence-electron chi connectivity index (χ2n) is 9.32. The molecule has 0 atom stereocenters. The molecule has 1 amide bonds. The average Bonchev–Trinajstić information content (AvgIpc) is 3.42. The first kappa shape index (κ1) is 24.4. The van der Waals surface area contributed by atoms with Gasteiger partial charge in [0, 0.05) is 31.8 Å². The molecule has 1 aliphatic heterocycles. The molecule has 9 nitrogen and oxygen atoms in total. The predicted octanol–water partition coefficient (Wildman–Crippen LogP) is 4.86. The largest absolute Gasteiger partial charge is 0.457 e. The summed E-state index contributed by atoms with van der Waals surface area (Å²) in [5, 5.41) is 4.11. The maximum Gasteiger partial charge on any atom is 0.282 e. The Kier molecular flexibility index (Phi) is 6.28. The van der Waals surface area contributed by atoms with Crippen LogP contribution in [-0.4, -0.2) is 53.4 Å². The molecule has 5 aromatic rings. The summed E-state index contributed by atoms with van der Waals surface area (Å²) in [7, 11) is 0. The van der Waals surface area contributed by atoms with E-state index in [1.807, 2.05) is 55.6 Å². The summed E-state index contributed by atoms with van der Waals surface area (Å²) in [4.78, 5) is 31.3. The van der Waals surface area contributed by atoms with Gasteiger partial charge in [-0.05, 0) is 54.3 Å². The third kappa shape index (κ3) is 4.96. The molecule has 5 heterocycles. The highest BCUT2D eigenvalue weighted by molar-refractivity contribution is 5.91. The van der Waals surface area contributed by atoms with E-state index in [0.29, 0.717) is 37.3 Å². The van der Waals surface area contributed by atoms with Crippen molar-refractivity contribution in [1.29, 1.82) is 0 Å². The zero-order valence-corrected chi connectivity index (χ0v) is 21.2. The van der Waals surface area contributed by atoms with E-state index in [1.54, 1.807) is 10.8 Å². The summed E-state index contributed by atoms with van der Waals surface area (Å²) in [5.41, 5.74) is 6.87. The Bertz CT molecular complexity index is 1780. The Balaban J connectivity index is 1.23. The highest BCUT2D eigenvalue weighted by Gasteiger charge is 2.21. The number of fused-ring (bicyclic) bond motifs is 2. The summed E-state index contributed by atoms with van der Waals surface area (Å²) in [6, 6.07) is 13.6. The van der Waals surface area contributed by atoms with Crippen LogP contribution in [-0.2, 0) is 11.2 Å². The topological polar surface area (TPSA) is 98.4 Å². The third-order valence-electron chi connectivity index (χ3n) is 6.71. The third-order valence-corrected chi connectivity index (χ3v) is 6.71. The molecule has 0 unspecified atom stereocenters. The summed E-state index contributed by atoms with van der Waals surface area (Å²) in [6.07, 6.45) is 7.92. The maximum absolute atomic E-state index is 13.2. The maximum atomic E-state index is 13.2. The molecule has 0 N–H and O–H groups in total. The van der Waals surface area contributed by atoms with E-state index in [0.717, 1.165) is 44.9 Å². The lowest BCUT2D eigenvalue weighted by molar-refractivity contribution is -0.128. The molecule has 10 heteroatoms. The van der Waals surface area contributed by atoms with Crippen LogP contribution in [0.1, 0.15) is 28.9 Å². The van der Waals surface area contributed by atoms with Crippen LogP contribution in [0.15, 0.2) is 79.8 Å². The van der Waals surface area contributed by atoms with Gasteiger partial charge in [-0.25, -0.2) is 28.8 Å². The van der Waals surface area contributed by atoms with E-state index >= 15 is 0 Å². The molecular weight excluding hydrogens is 497 g/mol. The monoisotopic (exact) mass is 521 g/mol. The number of carbonyl (C=O) groups excluding carboxylic acids is 1. The van der Waals surface area contributed by atoms with Gasteiger partial charge in [0.15, 0.2) is 11.5 Å². The molecule has 39 heavy (non-hydrogen) atoms. The van der Waals surface area contributed by atoms with Crippen LogP contribution in [0.2, 0.25) is 0 Å². The molecule has 194 valence electrons. The zero-order valence-electron chi connectivity index (χ0n) is 21.2. The van der Waals surface area contributed by atoms with Gasteiger partial charge >= 0.3 is 0 Å². The van der Waals surface area contributed by atoms with E-state index in [9.17, 15) is 9.18 Å². The molecule has 0 radical (unpaired) electrons. The van der Waals surface area contributed by atoms with Crippen LogP contribution >= 0.6 is 0 Å². The Labute approximate surface area is 223 Å². The Morgan fingerprint density at radius 2 is 2.00 bits per heavy atom. The van der Waals surface area contributed by atoms with Crippen molar-refractivity contribution in [3.05, 3.63) is 102 Å². The summed E-state index contributed by atoms with van der Waals surface area (Å²) >= 11 is 0. The van der Waals surface area contributed by atoms with E-state index in [1.165, 1.54) is 11.2 Å². The van der Waals surface area contributed by atoms with Gasteiger partial charge in [-0.2, -0.15) is 5.10 Å². The van der Waals surface area contributed by atoms with Gasteiger partial charge in [0.05, 0.1) is 16.9 Å². The van der Waals surface area contributed by atoms with Gasteiger partial charge in [-0.3, -0.25) is 4.79 Å². The summed E-state index contributed by atoms with van der Waals surface area (Å²) < 4.78 is 21.0. The van der Waals surface area contributed by atoms with Gasteiger partial charge < -0.3 is 9.64 Å². The Morgan fingerprint density at radius 3 is 2.79 bits per heavy atom. The minimum Gasteiger partial charge on any atom is -0.457 e. The summed E-state index contributed by atoms with van der Waals surface area (Å²) in [5.74, 6) is -0.177. The van der Waals surface area contributed by atoms with Gasteiger partial charge in [-0.15, -0.1) is 0 Å². The number of ether oxygens (including phenoxy) is 1. The quantitative estimate of drug-likeness (QED) is 0.294. The van der Waals surface area contributed by atoms with Crippen molar-refractivity contribution in [2.24, 2.45) is 0 Å². The van der Waals surface area contributed by atoms with E-state index in [4.69, 9.17) is 9.72 Å². The molecule has 0 spiro atoms. The summed E-state index contributed by atoms with van der Waals surface area (Å²) in [6.45, 7) is 5.83. The molecule has 0 aliphatic carbocycles. The zero-order chi connectivity index (χ0) is 26.9. The number of nitrogens with zero attached hydrogens (tertiary/aromatic N) is 7. The van der Waals surface area contributed by atoms with Gasteiger partial charge in [0.2, 0.25) is 0 Å². The number of halogens is 1. The van der Waals surface area contributed by atoms with Crippen molar-refractivity contribution >= 4 is 28.2 Å². The molecule has 1 aromatic carbocycles. The molecule has 0 fully saturated rings. The van der Waals surface area contributed by atoms with Crippen molar-refractivity contribution in [2.45, 2.75) is 19.8 Å². The number of carbonyl (C=O) groups is 1. The van der Waals surface area contributed by atoms with Crippen molar-refractivity contribution in [1.82, 2.24) is 34.4 Å². The van der Waals surface area contributed by atoms with Crippen molar-refractivity contribution in [3.63, 3.8) is 0 Å². The normalized spacial score (nSPS) is 13.5. The average molecular weight is 522 g/mol. The van der Waals surface area contributed by atoms with Crippen LogP contribution in [0, 0.1) is 6.92 Å². The molecule has 1 aliphatic rings. The number of aromatic nitrogens is 6. The fourth-order valence-electron chi connectivity index (χ4n) is 4.67. The minimum absolute atomic E-state index is 0.315. The highest BCUT2D eigenvalue weighted by Crippen LogP contribution is 2.28. The standard InChI is InChI=1S/C29H24FN7O2/c1-18-13-20(3-6-26(18)39-22-9-12-37-27(15-22)33-17-34-37)14-25-28-24(31-16-32-25)5-4-23(35-28)21-7-10-36(11-8-21)29(38)19(2)30/h3-7,9,12-13,15-17H,2,8,10-11,14H2,1H3. The number of pyridine rings is 2. The van der Waals surface area contributed by atoms with Crippen LogP contribution < -0.4 is 4.74 Å². The van der Waals surface area contributed by atoms with E-state index in [-0.39, 0.29) is 0 Å². The number of amides is 1. The number of benzene rings is 1. The van der Waals surface area contributed by atoms with Crippen molar-refractivity contribution in [2.75, 3.05) is 13.1 Å². The number of rotatable bonds is 6. The lowest BCUT2D eigenvalue weighted by Gasteiger charge is -2.25. The molecular formula is C29H24FN7O2. The van der Waals surface area contributed by atoms with E-state index in [2.05, 4.69) is 32.7 Å². The van der Waals surface area contributed by atoms with Crippen LogP contribution in [0.25, 0.3) is 22.3 Å². The van der Waals surface area contributed by atoms with Gasteiger partial charge in [0.1, 0.15) is 29.7 Å². The smallest absolute Gasteiger partial charge is 0.282 e. The lowest BCUT2D eigenvalue weighted by Crippen LogP contribution is -2.34. The second-order valence-corrected chi connectivity index (χ2v) is 9.32. The first-order valence-corrected chi connectivity index (χ1v) is 12.4. The van der Waals surface area contributed by atoms with Crippen molar-refractivity contribution < 1.29 is 13.9 Å². The first-order chi connectivity index (χ1) is 18.9.